The van der Waals surface area contributed by atoms with Crippen LogP contribution >= 0.6 is 0 Å². The highest BCUT2D eigenvalue weighted by Gasteiger charge is 2.42. The highest BCUT2D eigenvalue weighted by atomic mass is 16.5. The van der Waals surface area contributed by atoms with Gasteiger partial charge in [-0.05, 0) is 38.1 Å². The van der Waals surface area contributed by atoms with E-state index in [4.69, 9.17) is 10.5 Å². The topological polar surface area (TPSA) is 55.6 Å². The van der Waals surface area contributed by atoms with E-state index in [0.29, 0.717) is 6.61 Å². The van der Waals surface area contributed by atoms with Crippen molar-refractivity contribution in [2.75, 3.05) is 11.5 Å². The lowest BCUT2D eigenvalue weighted by Gasteiger charge is -2.43. The Labute approximate surface area is 95.0 Å². The smallest absolute Gasteiger partial charge is 0.246 e. The van der Waals surface area contributed by atoms with E-state index in [2.05, 4.69) is 0 Å². The van der Waals surface area contributed by atoms with E-state index in [-0.39, 0.29) is 18.0 Å². The second-order valence-corrected chi connectivity index (χ2v) is 3.90. The molecule has 1 fully saturated rings. The van der Waals surface area contributed by atoms with E-state index in [1.807, 2.05) is 38.1 Å². The Bertz CT molecular complexity index is 389. The molecule has 1 aromatic carbocycles. The summed E-state index contributed by atoms with van der Waals surface area (Å²) >= 11 is 0. The van der Waals surface area contributed by atoms with E-state index in [0.717, 1.165) is 11.4 Å². The maximum Gasteiger partial charge on any atom is 0.246 e. The van der Waals surface area contributed by atoms with E-state index in [1.54, 1.807) is 4.90 Å². The number of hydrogen-bond acceptors (Lipinski definition) is 3. The molecule has 1 aliphatic heterocycles. The minimum atomic E-state index is -0.355. The summed E-state index contributed by atoms with van der Waals surface area (Å²) in [6.45, 7) is 4.53. The molecule has 0 aliphatic carbocycles. The van der Waals surface area contributed by atoms with Gasteiger partial charge in [0.15, 0.2) is 0 Å². The third kappa shape index (κ3) is 1.65. The molecule has 2 atom stereocenters. The molecule has 0 radical (unpaired) electrons. The Morgan fingerprint density at radius 2 is 2.00 bits per heavy atom. The second-order valence-electron chi connectivity index (χ2n) is 3.90. The molecular weight excluding hydrogens is 204 g/mol. The van der Waals surface area contributed by atoms with Gasteiger partial charge in [0.05, 0.1) is 12.6 Å². The number of anilines is 1. The molecule has 1 aromatic rings. The minimum absolute atomic E-state index is 0.0170. The summed E-state index contributed by atoms with van der Waals surface area (Å²) in [7, 11) is 0. The molecule has 2 unspecified atom stereocenters. The van der Waals surface area contributed by atoms with Gasteiger partial charge in [0.25, 0.3) is 0 Å². The quantitative estimate of drug-likeness (QED) is 0.777. The fourth-order valence-electron chi connectivity index (χ4n) is 1.88. The van der Waals surface area contributed by atoms with Crippen LogP contribution in [0, 0.1) is 0 Å². The van der Waals surface area contributed by atoms with Crippen molar-refractivity contribution in [3.63, 3.8) is 0 Å². The van der Waals surface area contributed by atoms with Crippen molar-refractivity contribution in [2.24, 2.45) is 5.73 Å². The molecule has 0 spiro atoms. The first-order valence-corrected chi connectivity index (χ1v) is 5.46. The fraction of sp³-hybridized carbons (Fsp3) is 0.417. The fourth-order valence-corrected chi connectivity index (χ4v) is 1.88. The summed E-state index contributed by atoms with van der Waals surface area (Å²) in [6.07, 6.45) is 0. The van der Waals surface area contributed by atoms with E-state index < -0.39 is 0 Å². The molecule has 4 heteroatoms. The van der Waals surface area contributed by atoms with Gasteiger partial charge in [-0.3, -0.25) is 4.79 Å². The first kappa shape index (κ1) is 11.0. The molecule has 1 amide bonds. The molecule has 86 valence electrons. The van der Waals surface area contributed by atoms with Gasteiger partial charge < -0.3 is 15.4 Å². The number of β-lactam (4-membered cyclic amide) rings is 1. The van der Waals surface area contributed by atoms with Gasteiger partial charge in [-0.2, -0.15) is 0 Å². The molecule has 1 saturated heterocycles. The van der Waals surface area contributed by atoms with E-state index >= 15 is 0 Å². The minimum Gasteiger partial charge on any atom is -0.494 e. The SMILES string of the molecule is CCOc1ccc(N2C(=O)C(N)C2C)cc1. The van der Waals surface area contributed by atoms with Crippen molar-refractivity contribution in [2.45, 2.75) is 25.9 Å². The number of carbonyl (C=O) groups is 1. The normalized spacial score (nSPS) is 24.2. The van der Waals surface area contributed by atoms with Gasteiger partial charge in [-0.15, -0.1) is 0 Å². The van der Waals surface area contributed by atoms with Crippen LogP contribution in [0.15, 0.2) is 24.3 Å². The first-order chi connectivity index (χ1) is 7.65. The molecule has 0 saturated carbocycles. The average Bonchev–Trinajstić information content (AvgIpc) is 2.31. The molecule has 1 aliphatic rings. The van der Waals surface area contributed by atoms with Crippen molar-refractivity contribution < 1.29 is 9.53 Å². The van der Waals surface area contributed by atoms with Gasteiger partial charge >= 0.3 is 0 Å². The lowest BCUT2D eigenvalue weighted by molar-refractivity contribution is -0.125. The van der Waals surface area contributed by atoms with Crippen LogP contribution in [0.2, 0.25) is 0 Å². The van der Waals surface area contributed by atoms with Crippen LogP contribution in [0.3, 0.4) is 0 Å². The Morgan fingerprint density at radius 1 is 1.38 bits per heavy atom. The van der Waals surface area contributed by atoms with E-state index in [9.17, 15) is 4.79 Å². The Kier molecular flexibility index (Phi) is 2.83. The Hall–Kier alpha value is -1.55. The number of nitrogens with zero attached hydrogens (tertiary/aromatic N) is 1. The van der Waals surface area contributed by atoms with Crippen LogP contribution < -0.4 is 15.4 Å². The number of nitrogens with two attached hydrogens (primary N) is 1. The highest BCUT2D eigenvalue weighted by Crippen LogP contribution is 2.28. The molecule has 1 heterocycles. The van der Waals surface area contributed by atoms with Crippen LogP contribution in [-0.4, -0.2) is 24.6 Å². The number of hydrogen-bond donors (Lipinski definition) is 1. The zero-order valence-corrected chi connectivity index (χ0v) is 9.51. The average molecular weight is 220 g/mol. The number of benzene rings is 1. The highest BCUT2D eigenvalue weighted by molar-refractivity contribution is 6.05. The molecular formula is C12H16N2O2. The molecule has 0 bridgehead atoms. The van der Waals surface area contributed by atoms with E-state index in [1.165, 1.54) is 0 Å². The Morgan fingerprint density at radius 3 is 2.50 bits per heavy atom. The summed E-state index contributed by atoms with van der Waals surface area (Å²) in [5.74, 6) is 0.799. The maximum atomic E-state index is 11.6. The standard InChI is InChI=1S/C12H16N2O2/c1-3-16-10-6-4-9(5-7-10)14-8(2)11(13)12(14)15/h4-8,11H,3,13H2,1-2H3. The van der Waals surface area contributed by atoms with Crippen molar-refractivity contribution in [3.05, 3.63) is 24.3 Å². The predicted octanol–water partition coefficient (Wildman–Crippen LogP) is 1.15. The zero-order chi connectivity index (χ0) is 11.7. The van der Waals surface area contributed by atoms with Crippen LogP contribution in [0.25, 0.3) is 0 Å². The van der Waals surface area contributed by atoms with Crippen molar-refractivity contribution in [3.8, 4) is 5.75 Å². The third-order valence-electron chi connectivity index (χ3n) is 2.88. The summed E-state index contributed by atoms with van der Waals surface area (Å²) < 4.78 is 5.34. The number of amides is 1. The number of ether oxygens (including phenoxy) is 1. The van der Waals surface area contributed by atoms with Crippen LogP contribution in [-0.2, 0) is 4.79 Å². The van der Waals surface area contributed by atoms with Gasteiger partial charge in [-0.1, -0.05) is 0 Å². The van der Waals surface area contributed by atoms with Gasteiger partial charge in [-0.25, -0.2) is 0 Å². The molecule has 2 rings (SSSR count). The monoisotopic (exact) mass is 220 g/mol. The van der Waals surface area contributed by atoms with Gasteiger partial charge in [0.2, 0.25) is 5.91 Å². The third-order valence-corrected chi connectivity index (χ3v) is 2.88. The number of carbonyl (C=O) groups excluding carboxylic acids is 1. The molecule has 16 heavy (non-hydrogen) atoms. The van der Waals surface area contributed by atoms with Crippen molar-refractivity contribution >= 4 is 11.6 Å². The summed E-state index contributed by atoms with van der Waals surface area (Å²) in [4.78, 5) is 13.3. The zero-order valence-electron chi connectivity index (χ0n) is 9.51. The molecule has 0 aromatic heterocycles. The molecule has 4 nitrogen and oxygen atoms in total. The van der Waals surface area contributed by atoms with Gasteiger partial charge in [0, 0.05) is 5.69 Å². The lowest BCUT2D eigenvalue weighted by atomic mass is 9.97. The Balaban J connectivity index is 2.13. The second kappa shape index (κ2) is 4.14. The largest absolute Gasteiger partial charge is 0.494 e. The van der Waals surface area contributed by atoms with Crippen LogP contribution in [0.1, 0.15) is 13.8 Å². The number of rotatable bonds is 3. The van der Waals surface area contributed by atoms with Crippen LogP contribution in [0.4, 0.5) is 5.69 Å². The lowest BCUT2D eigenvalue weighted by Crippen LogP contribution is -2.67. The summed E-state index contributed by atoms with van der Waals surface area (Å²) in [6, 6.07) is 7.21. The van der Waals surface area contributed by atoms with Crippen LogP contribution in [0.5, 0.6) is 5.75 Å². The maximum absolute atomic E-state index is 11.6. The first-order valence-electron chi connectivity index (χ1n) is 5.46. The van der Waals surface area contributed by atoms with Crippen molar-refractivity contribution in [1.82, 2.24) is 0 Å². The predicted molar refractivity (Wildman–Crippen MR) is 62.5 cm³/mol. The summed E-state index contributed by atoms with van der Waals surface area (Å²) in [5.41, 5.74) is 6.53. The van der Waals surface area contributed by atoms with Crippen molar-refractivity contribution in [1.29, 1.82) is 0 Å². The summed E-state index contributed by atoms with van der Waals surface area (Å²) in [5, 5.41) is 0. The molecule has 2 N–H and O–H groups in total. The van der Waals surface area contributed by atoms with Gasteiger partial charge in [0.1, 0.15) is 11.8 Å².